The van der Waals surface area contributed by atoms with Crippen molar-refractivity contribution >= 4 is 11.6 Å². The molecule has 0 aliphatic carbocycles. The molecule has 1 rings (SSSR count). The van der Waals surface area contributed by atoms with Crippen LogP contribution < -0.4 is 11.1 Å². The molecule has 3 N–H and O–H groups in total. The number of aryl methyl sites for hydroxylation is 1. The molecule has 0 aliphatic heterocycles. The minimum atomic E-state index is 0.0388. The number of benzene rings is 1. The number of hydrogen-bond donors (Lipinski definition) is 2. The second-order valence-electron chi connectivity index (χ2n) is 5.32. The molecule has 0 heterocycles. The minimum Gasteiger partial charge on any atom is -0.330 e. The lowest BCUT2D eigenvalue weighted by Crippen LogP contribution is -2.20. The van der Waals surface area contributed by atoms with Gasteiger partial charge in [0.1, 0.15) is 0 Å². The second kappa shape index (κ2) is 6.55. The van der Waals surface area contributed by atoms with Crippen LogP contribution in [0.1, 0.15) is 44.2 Å². The van der Waals surface area contributed by atoms with Crippen molar-refractivity contribution in [3.05, 3.63) is 29.3 Å². The van der Waals surface area contributed by atoms with Gasteiger partial charge in [0.2, 0.25) is 5.91 Å². The summed E-state index contributed by atoms with van der Waals surface area (Å²) in [5.74, 6) is 0.722. The summed E-state index contributed by atoms with van der Waals surface area (Å²) in [6, 6.07) is 6.22. The van der Waals surface area contributed by atoms with Crippen molar-refractivity contribution in [3.63, 3.8) is 0 Å². The molecule has 0 aromatic heterocycles. The number of nitrogens with one attached hydrogen (secondary N) is 1. The van der Waals surface area contributed by atoms with Gasteiger partial charge in [0.05, 0.1) is 0 Å². The van der Waals surface area contributed by atoms with Crippen molar-refractivity contribution in [1.82, 2.24) is 0 Å². The lowest BCUT2D eigenvalue weighted by molar-refractivity contribution is -0.116. The Morgan fingerprint density at radius 1 is 1.33 bits per heavy atom. The molecule has 1 aromatic carbocycles. The Kier molecular flexibility index (Phi) is 5.35. The highest BCUT2D eigenvalue weighted by Gasteiger charge is 2.10. The number of anilines is 1. The van der Waals surface area contributed by atoms with E-state index in [2.05, 4.69) is 37.4 Å². The Morgan fingerprint density at radius 3 is 2.56 bits per heavy atom. The molecule has 0 fully saturated rings. The van der Waals surface area contributed by atoms with E-state index in [1.165, 1.54) is 5.56 Å². The van der Waals surface area contributed by atoms with E-state index in [0.29, 0.717) is 18.9 Å². The van der Waals surface area contributed by atoms with Crippen LogP contribution in [-0.2, 0) is 4.79 Å². The molecule has 0 spiro atoms. The molecule has 1 atom stereocenters. The van der Waals surface area contributed by atoms with Crippen LogP contribution in [0.25, 0.3) is 0 Å². The monoisotopic (exact) mass is 248 g/mol. The van der Waals surface area contributed by atoms with E-state index >= 15 is 0 Å². The lowest BCUT2D eigenvalue weighted by Gasteiger charge is -2.14. The number of carbonyl (C=O) groups is 1. The van der Waals surface area contributed by atoms with Gasteiger partial charge < -0.3 is 11.1 Å². The van der Waals surface area contributed by atoms with Gasteiger partial charge in [0, 0.05) is 12.1 Å². The van der Waals surface area contributed by atoms with Gasteiger partial charge in [-0.2, -0.15) is 0 Å². The number of nitrogens with two attached hydrogens (primary N) is 1. The molecule has 0 saturated heterocycles. The molecule has 18 heavy (non-hydrogen) atoms. The third-order valence-electron chi connectivity index (χ3n) is 3.14. The van der Waals surface area contributed by atoms with Crippen LogP contribution in [0.2, 0.25) is 0 Å². The van der Waals surface area contributed by atoms with Gasteiger partial charge in [-0.15, -0.1) is 0 Å². The van der Waals surface area contributed by atoms with Gasteiger partial charge in [0.15, 0.2) is 0 Å². The summed E-state index contributed by atoms with van der Waals surface area (Å²) in [6.07, 6.45) is 0.474. The van der Waals surface area contributed by atoms with E-state index in [1.54, 1.807) is 0 Å². The number of hydrogen-bond acceptors (Lipinski definition) is 2. The van der Waals surface area contributed by atoms with Crippen molar-refractivity contribution in [3.8, 4) is 0 Å². The molecule has 0 radical (unpaired) electrons. The Labute approximate surface area is 110 Å². The molecule has 0 saturated carbocycles. The van der Waals surface area contributed by atoms with E-state index in [-0.39, 0.29) is 11.8 Å². The zero-order valence-corrected chi connectivity index (χ0v) is 11.8. The summed E-state index contributed by atoms with van der Waals surface area (Å²) in [5.41, 5.74) is 8.77. The van der Waals surface area contributed by atoms with E-state index in [1.807, 2.05) is 13.8 Å². The number of carbonyl (C=O) groups excluding carboxylic acids is 1. The van der Waals surface area contributed by atoms with Crippen molar-refractivity contribution in [2.45, 2.75) is 40.0 Å². The zero-order valence-electron chi connectivity index (χ0n) is 11.8. The lowest BCUT2D eigenvalue weighted by atomic mass is 10.0. The first kappa shape index (κ1) is 14.7. The van der Waals surface area contributed by atoms with Crippen molar-refractivity contribution in [1.29, 1.82) is 0 Å². The SMILES string of the molecule is Cc1ccc(C(C)C)cc1NC(=O)CC(C)CN. The quantitative estimate of drug-likeness (QED) is 0.841. The van der Waals surface area contributed by atoms with Crippen LogP contribution in [0, 0.1) is 12.8 Å². The predicted octanol–water partition coefficient (Wildman–Crippen LogP) is 3.04. The van der Waals surface area contributed by atoms with Gasteiger partial charge in [-0.1, -0.05) is 32.9 Å². The summed E-state index contributed by atoms with van der Waals surface area (Å²) in [6.45, 7) is 8.82. The van der Waals surface area contributed by atoms with Crippen LogP contribution in [-0.4, -0.2) is 12.5 Å². The summed E-state index contributed by atoms with van der Waals surface area (Å²) >= 11 is 0. The molecule has 0 bridgehead atoms. The molecule has 0 aliphatic rings. The van der Waals surface area contributed by atoms with Crippen LogP contribution in [0.3, 0.4) is 0 Å². The van der Waals surface area contributed by atoms with Gasteiger partial charge in [-0.25, -0.2) is 0 Å². The molecular formula is C15H24N2O. The highest BCUT2D eigenvalue weighted by molar-refractivity contribution is 5.91. The summed E-state index contributed by atoms with van der Waals surface area (Å²) in [4.78, 5) is 11.8. The van der Waals surface area contributed by atoms with E-state index < -0.39 is 0 Å². The van der Waals surface area contributed by atoms with Crippen LogP contribution in [0.15, 0.2) is 18.2 Å². The third-order valence-corrected chi connectivity index (χ3v) is 3.14. The maximum Gasteiger partial charge on any atom is 0.224 e. The van der Waals surface area contributed by atoms with Gasteiger partial charge >= 0.3 is 0 Å². The number of amides is 1. The van der Waals surface area contributed by atoms with Crippen LogP contribution >= 0.6 is 0 Å². The Bertz CT molecular complexity index is 413. The topological polar surface area (TPSA) is 55.1 Å². The molecule has 3 nitrogen and oxygen atoms in total. The third kappa shape index (κ3) is 4.15. The molecule has 1 amide bonds. The molecular weight excluding hydrogens is 224 g/mol. The van der Waals surface area contributed by atoms with Gasteiger partial charge in [-0.3, -0.25) is 4.79 Å². The van der Waals surface area contributed by atoms with Crippen LogP contribution in [0.4, 0.5) is 5.69 Å². The summed E-state index contributed by atoms with van der Waals surface area (Å²) < 4.78 is 0. The fraction of sp³-hybridized carbons (Fsp3) is 0.533. The second-order valence-corrected chi connectivity index (χ2v) is 5.32. The zero-order chi connectivity index (χ0) is 13.7. The molecule has 1 aromatic rings. The van der Waals surface area contributed by atoms with Crippen LogP contribution in [0.5, 0.6) is 0 Å². The first-order chi connectivity index (χ1) is 8.43. The Balaban J connectivity index is 2.77. The van der Waals surface area contributed by atoms with Crippen molar-refractivity contribution < 1.29 is 4.79 Å². The van der Waals surface area contributed by atoms with Gasteiger partial charge in [0.25, 0.3) is 0 Å². The molecule has 3 heteroatoms. The minimum absolute atomic E-state index is 0.0388. The standard InChI is InChI=1S/C15H24N2O/c1-10(2)13-6-5-12(4)14(8-13)17-15(18)7-11(3)9-16/h5-6,8,10-11H,7,9,16H2,1-4H3,(H,17,18). The average molecular weight is 248 g/mol. The van der Waals surface area contributed by atoms with Crippen molar-refractivity contribution in [2.75, 3.05) is 11.9 Å². The first-order valence-electron chi connectivity index (χ1n) is 6.54. The van der Waals surface area contributed by atoms with Gasteiger partial charge in [-0.05, 0) is 42.5 Å². The van der Waals surface area contributed by atoms with E-state index in [4.69, 9.17) is 5.73 Å². The van der Waals surface area contributed by atoms with E-state index in [0.717, 1.165) is 11.3 Å². The fourth-order valence-corrected chi connectivity index (χ4v) is 1.73. The maximum atomic E-state index is 11.8. The van der Waals surface area contributed by atoms with Crippen molar-refractivity contribution in [2.24, 2.45) is 11.7 Å². The Hall–Kier alpha value is -1.35. The maximum absolute atomic E-state index is 11.8. The Morgan fingerprint density at radius 2 is 2.00 bits per heavy atom. The molecule has 100 valence electrons. The smallest absolute Gasteiger partial charge is 0.224 e. The first-order valence-corrected chi connectivity index (χ1v) is 6.54. The summed E-state index contributed by atoms with van der Waals surface area (Å²) in [5, 5.41) is 2.98. The average Bonchev–Trinajstić information content (AvgIpc) is 2.31. The highest BCUT2D eigenvalue weighted by Crippen LogP contribution is 2.22. The molecule has 1 unspecified atom stereocenters. The summed E-state index contributed by atoms with van der Waals surface area (Å²) in [7, 11) is 0. The highest BCUT2D eigenvalue weighted by atomic mass is 16.1. The number of rotatable bonds is 5. The predicted molar refractivity (Wildman–Crippen MR) is 76.7 cm³/mol. The largest absolute Gasteiger partial charge is 0.330 e. The van der Waals surface area contributed by atoms with E-state index in [9.17, 15) is 4.79 Å². The fourth-order valence-electron chi connectivity index (χ4n) is 1.73. The normalized spacial score (nSPS) is 12.6.